The summed E-state index contributed by atoms with van der Waals surface area (Å²) in [5.41, 5.74) is 1.51. The summed E-state index contributed by atoms with van der Waals surface area (Å²) in [6, 6.07) is 2.35. The van der Waals surface area contributed by atoms with Crippen molar-refractivity contribution in [3.63, 3.8) is 0 Å². The van der Waals surface area contributed by atoms with Gasteiger partial charge in [0.05, 0.1) is 6.61 Å². The molecule has 2 heterocycles. The molecule has 0 saturated carbocycles. The van der Waals surface area contributed by atoms with Crippen molar-refractivity contribution in [3.8, 4) is 0 Å². The van der Waals surface area contributed by atoms with Crippen molar-refractivity contribution in [2.75, 3.05) is 20.2 Å². The Morgan fingerprint density at radius 3 is 3.21 bits per heavy atom. The molecule has 14 heavy (non-hydrogen) atoms. The molecule has 0 aromatic carbocycles. The highest BCUT2D eigenvalue weighted by Crippen LogP contribution is 2.34. The Hall–Kier alpha value is -0.380. The second kappa shape index (κ2) is 4.43. The summed E-state index contributed by atoms with van der Waals surface area (Å²) in [4.78, 5) is 2.93. The average molecular weight is 211 g/mol. The van der Waals surface area contributed by atoms with Gasteiger partial charge in [0, 0.05) is 16.3 Å². The van der Waals surface area contributed by atoms with E-state index in [1.165, 1.54) is 15.3 Å². The SMILES string of the molecule is CCc1cc2c(s1)C(CNC)OCC2. The first-order chi connectivity index (χ1) is 6.85. The molecule has 1 aliphatic rings. The highest BCUT2D eigenvalue weighted by atomic mass is 32.1. The van der Waals surface area contributed by atoms with Crippen molar-refractivity contribution in [1.82, 2.24) is 5.32 Å². The fourth-order valence-electron chi connectivity index (χ4n) is 1.87. The maximum Gasteiger partial charge on any atom is 0.104 e. The Kier molecular flexibility index (Phi) is 3.21. The van der Waals surface area contributed by atoms with Gasteiger partial charge in [0.25, 0.3) is 0 Å². The highest BCUT2D eigenvalue weighted by Gasteiger charge is 2.22. The minimum atomic E-state index is 0.286. The Morgan fingerprint density at radius 2 is 2.50 bits per heavy atom. The molecular formula is C11H17NOS. The Bertz CT molecular complexity index is 308. The molecule has 0 amide bonds. The van der Waals surface area contributed by atoms with E-state index in [1.54, 1.807) is 0 Å². The van der Waals surface area contributed by atoms with Crippen LogP contribution in [0.2, 0.25) is 0 Å². The van der Waals surface area contributed by atoms with Crippen LogP contribution < -0.4 is 5.32 Å². The molecule has 1 aromatic rings. The third kappa shape index (κ3) is 1.85. The van der Waals surface area contributed by atoms with Crippen LogP contribution in [0.25, 0.3) is 0 Å². The summed E-state index contributed by atoms with van der Waals surface area (Å²) in [6.07, 6.45) is 2.52. The zero-order valence-electron chi connectivity index (χ0n) is 8.80. The number of ether oxygens (including phenoxy) is 1. The minimum absolute atomic E-state index is 0.286. The van der Waals surface area contributed by atoms with Crippen LogP contribution in [0, 0.1) is 0 Å². The molecule has 1 unspecified atom stereocenters. The predicted molar refractivity (Wildman–Crippen MR) is 60.0 cm³/mol. The number of hydrogen-bond donors (Lipinski definition) is 1. The summed E-state index contributed by atoms with van der Waals surface area (Å²) in [5.74, 6) is 0. The lowest BCUT2D eigenvalue weighted by molar-refractivity contribution is 0.0469. The summed E-state index contributed by atoms with van der Waals surface area (Å²) in [7, 11) is 1.98. The number of nitrogens with one attached hydrogen (secondary N) is 1. The zero-order valence-corrected chi connectivity index (χ0v) is 9.62. The van der Waals surface area contributed by atoms with Crippen molar-refractivity contribution < 1.29 is 4.74 Å². The maximum atomic E-state index is 5.75. The van der Waals surface area contributed by atoms with E-state index in [-0.39, 0.29) is 6.10 Å². The maximum absolute atomic E-state index is 5.75. The van der Waals surface area contributed by atoms with Gasteiger partial charge in [-0.25, -0.2) is 0 Å². The van der Waals surface area contributed by atoms with Crippen LogP contribution in [0.1, 0.15) is 28.3 Å². The molecule has 2 rings (SSSR count). The van der Waals surface area contributed by atoms with Crippen LogP contribution >= 0.6 is 11.3 Å². The third-order valence-corrected chi connectivity index (χ3v) is 4.03. The molecule has 78 valence electrons. The number of thiophene rings is 1. The van der Waals surface area contributed by atoms with E-state index in [1.807, 2.05) is 18.4 Å². The number of rotatable bonds is 3. The molecule has 1 aliphatic heterocycles. The molecular weight excluding hydrogens is 194 g/mol. The first kappa shape index (κ1) is 10.1. The fourth-order valence-corrected chi connectivity index (χ4v) is 3.07. The first-order valence-electron chi connectivity index (χ1n) is 5.22. The first-order valence-corrected chi connectivity index (χ1v) is 6.04. The molecule has 1 aromatic heterocycles. The van der Waals surface area contributed by atoms with Crippen molar-refractivity contribution >= 4 is 11.3 Å². The topological polar surface area (TPSA) is 21.3 Å². The van der Waals surface area contributed by atoms with Gasteiger partial charge in [-0.3, -0.25) is 0 Å². The van der Waals surface area contributed by atoms with E-state index in [4.69, 9.17) is 4.74 Å². The molecule has 0 spiro atoms. The van der Waals surface area contributed by atoms with Gasteiger partial charge >= 0.3 is 0 Å². The largest absolute Gasteiger partial charge is 0.371 e. The molecule has 3 heteroatoms. The number of fused-ring (bicyclic) bond motifs is 1. The van der Waals surface area contributed by atoms with E-state index in [0.717, 1.165) is 26.0 Å². The number of hydrogen-bond acceptors (Lipinski definition) is 3. The van der Waals surface area contributed by atoms with Gasteiger partial charge in [-0.2, -0.15) is 0 Å². The zero-order chi connectivity index (χ0) is 9.97. The molecule has 2 nitrogen and oxygen atoms in total. The van der Waals surface area contributed by atoms with Crippen LogP contribution in [0.4, 0.5) is 0 Å². The molecule has 0 saturated heterocycles. The van der Waals surface area contributed by atoms with E-state index in [0.29, 0.717) is 0 Å². The predicted octanol–water partition coefficient (Wildman–Crippen LogP) is 2.14. The Labute approximate surface area is 89.3 Å². The third-order valence-electron chi connectivity index (χ3n) is 2.61. The lowest BCUT2D eigenvalue weighted by Crippen LogP contribution is -2.23. The lowest BCUT2D eigenvalue weighted by Gasteiger charge is -2.22. The van der Waals surface area contributed by atoms with Crippen LogP contribution in [0.15, 0.2) is 6.07 Å². The second-order valence-corrected chi connectivity index (χ2v) is 4.79. The average Bonchev–Trinajstić information content (AvgIpc) is 2.62. The summed E-state index contributed by atoms with van der Waals surface area (Å²) in [5, 5.41) is 3.19. The van der Waals surface area contributed by atoms with E-state index < -0.39 is 0 Å². The van der Waals surface area contributed by atoms with Crippen LogP contribution in [-0.4, -0.2) is 20.2 Å². The molecule has 0 radical (unpaired) electrons. The van der Waals surface area contributed by atoms with Crippen molar-refractivity contribution in [2.45, 2.75) is 25.9 Å². The molecule has 1 N–H and O–H groups in total. The standard InChI is InChI=1S/C11H17NOS/c1-3-9-6-8-4-5-13-10(7-12-2)11(8)14-9/h6,10,12H,3-5,7H2,1-2H3. The molecule has 1 atom stereocenters. The van der Waals surface area contributed by atoms with Gasteiger partial charge in [-0.05, 0) is 31.5 Å². The Morgan fingerprint density at radius 1 is 1.64 bits per heavy atom. The van der Waals surface area contributed by atoms with Gasteiger partial charge < -0.3 is 10.1 Å². The molecule has 0 bridgehead atoms. The Balaban J connectivity index is 2.24. The van der Waals surface area contributed by atoms with Gasteiger partial charge in [-0.15, -0.1) is 11.3 Å². The van der Waals surface area contributed by atoms with Crippen molar-refractivity contribution in [3.05, 3.63) is 21.4 Å². The van der Waals surface area contributed by atoms with Gasteiger partial charge in [-0.1, -0.05) is 6.92 Å². The number of likely N-dealkylation sites (N-methyl/N-ethyl adjacent to an activating group) is 1. The quantitative estimate of drug-likeness (QED) is 0.827. The van der Waals surface area contributed by atoms with Crippen LogP contribution in [0.5, 0.6) is 0 Å². The highest BCUT2D eigenvalue weighted by molar-refractivity contribution is 7.12. The lowest BCUT2D eigenvalue weighted by atomic mass is 10.1. The normalized spacial score (nSPS) is 20.9. The van der Waals surface area contributed by atoms with Crippen LogP contribution in [0.3, 0.4) is 0 Å². The number of aryl methyl sites for hydroxylation is 1. The van der Waals surface area contributed by atoms with E-state index in [9.17, 15) is 0 Å². The molecule has 0 aliphatic carbocycles. The van der Waals surface area contributed by atoms with E-state index in [2.05, 4.69) is 18.3 Å². The van der Waals surface area contributed by atoms with Crippen LogP contribution in [-0.2, 0) is 17.6 Å². The van der Waals surface area contributed by atoms with Gasteiger partial charge in [0.1, 0.15) is 6.10 Å². The van der Waals surface area contributed by atoms with Gasteiger partial charge in [0.15, 0.2) is 0 Å². The second-order valence-electron chi connectivity index (χ2n) is 3.62. The minimum Gasteiger partial charge on any atom is -0.371 e. The van der Waals surface area contributed by atoms with Gasteiger partial charge in [0.2, 0.25) is 0 Å². The smallest absolute Gasteiger partial charge is 0.104 e. The summed E-state index contributed by atoms with van der Waals surface area (Å²) < 4.78 is 5.75. The van der Waals surface area contributed by atoms with E-state index >= 15 is 0 Å². The molecule has 0 fully saturated rings. The summed E-state index contributed by atoms with van der Waals surface area (Å²) in [6.45, 7) is 4.02. The van der Waals surface area contributed by atoms with Crippen molar-refractivity contribution in [1.29, 1.82) is 0 Å². The monoisotopic (exact) mass is 211 g/mol. The fraction of sp³-hybridized carbons (Fsp3) is 0.636. The summed E-state index contributed by atoms with van der Waals surface area (Å²) >= 11 is 1.92. The van der Waals surface area contributed by atoms with Crippen molar-refractivity contribution in [2.24, 2.45) is 0 Å².